The van der Waals surface area contributed by atoms with E-state index in [4.69, 9.17) is 21.1 Å². The number of carbonyl (C=O) groups excluding carboxylic acids is 4. The highest BCUT2D eigenvalue weighted by Crippen LogP contribution is 2.36. The van der Waals surface area contributed by atoms with Crippen molar-refractivity contribution < 1.29 is 37.4 Å². The molecule has 0 saturated carbocycles. The predicted molar refractivity (Wildman–Crippen MR) is 148 cm³/mol. The van der Waals surface area contributed by atoms with Crippen LogP contribution in [0.3, 0.4) is 0 Å². The van der Waals surface area contributed by atoms with Crippen LogP contribution in [0.5, 0.6) is 11.5 Å². The van der Waals surface area contributed by atoms with Crippen molar-refractivity contribution in [2.45, 2.75) is 25.5 Å². The normalized spacial score (nSPS) is 16.4. The lowest BCUT2D eigenvalue weighted by molar-refractivity contribution is -0.136. The van der Waals surface area contributed by atoms with Gasteiger partial charge >= 0.3 is 0 Å². The fourth-order valence-corrected chi connectivity index (χ4v) is 5.17. The molecule has 1 aromatic heterocycles. The van der Waals surface area contributed by atoms with E-state index in [0.717, 1.165) is 6.07 Å². The Morgan fingerprint density at radius 1 is 1.02 bits per heavy atom. The number of imide groups is 2. The first-order valence-electron chi connectivity index (χ1n) is 12.9. The maximum absolute atomic E-state index is 15.2. The largest absolute Gasteiger partial charge is 0.493 e. The van der Waals surface area contributed by atoms with E-state index in [0.29, 0.717) is 33.1 Å². The monoisotopic (exact) mass is 607 g/mol. The van der Waals surface area contributed by atoms with E-state index in [9.17, 15) is 23.6 Å². The molecule has 1 unspecified atom stereocenters. The molecule has 4 aromatic rings. The third kappa shape index (κ3) is 5.07. The number of methoxy groups -OCH3 is 1. The second-order valence-corrected chi connectivity index (χ2v) is 10.1. The van der Waals surface area contributed by atoms with Crippen LogP contribution >= 0.6 is 11.6 Å². The SMILES string of the molecule is COc1cc2ncnc(Nc3ccc(F)c(Cl)c3)c2cc1OCc1cc(F)c2c(c1)C(=O)N(C1CCC(=O)NC1=O)C2=O. The number of hydrogen-bond acceptors (Lipinski definition) is 9. The Labute approximate surface area is 246 Å². The molecule has 0 bridgehead atoms. The Morgan fingerprint density at radius 3 is 2.58 bits per heavy atom. The molecule has 1 atom stereocenters. The first-order valence-corrected chi connectivity index (χ1v) is 13.2. The zero-order chi connectivity index (χ0) is 30.4. The van der Waals surface area contributed by atoms with Gasteiger partial charge in [0.15, 0.2) is 11.5 Å². The van der Waals surface area contributed by atoms with Crippen molar-refractivity contribution in [3.63, 3.8) is 0 Å². The summed E-state index contributed by atoms with van der Waals surface area (Å²) < 4.78 is 40.2. The third-order valence-electron chi connectivity index (χ3n) is 7.05. The van der Waals surface area contributed by atoms with Crippen molar-refractivity contribution in [1.29, 1.82) is 0 Å². The molecule has 3 aromatic carbocycles. The Bertz CT molecular complexity index is 1870. The zero-order valence-corrected chi connectivity index (χ0v) is 23.0. The van der Waals surface area contributed by atoms with Crippen LogP contribution in [0.15, 0.2) is 48.8 Å². The second-order valence-electron chi connectivity index (χ2n) is 9.73. The van der Waals surface area contributed by atoms with Gasteiger partial charge in [-0.05, 0) is 48.4 Å². The van der Waals surface area contributed by atoms with Gasteiger partial charge in [-0.15, -0.1) is 0 Å². The molecule has 0 radical (unpaired) electrons. The number of fused-ring (bicyclic) bond motifs is 2. The molecular formula is C29H20ClF2N5O6. The van der Waals surface area contributed by atoms with Crippen molar-refractivity contribution in [2.75, 3.05) is 12.4 Å². The Hall–Kier alpha value is -5.17. The topological polar surface area (TPSA) is 140 Å². The van der Waals surface area contributed by atoms with Crippen LogP contribution in [0.1, 0.15) is 39.1 Å². The Kier molecular flexibility index (Phi) is 7.10. The van der Waals surface area contributed by atoms with Gasteiger partial charge in [-0.1, -0.05) is 11.6 Å². The van der Waals surface area contributed by atoms with E-state index >= 15 is 4.39 Å². The minimum Gasteiger partial charge on any atom is -0.493 e. The number of benzene rings is 3. The molecule has 218 valence electrons. The molecule has 2 aliphatic heterocycles. The van der Waals surface area contributed by atoms with Gasteiger partial charge in [0.25, 0.3) is 11.8 Å². The Morgan fingerprint density at radius 2 is 1.84 bits per heavy atom. The summed E-state index contributed by atoms with van der Waals surface area (Å²) in [7, 11) is 1.43. The minimum atomic E-state index is -1.22. The van der Waals surface area contributed by atoms with Gasteiger partial charge in [-0.2, -0.15) is 0 Å². The van der Waals surface area contributed by atoms with Gasteiger partial charge in [0, 0.05) is 23.6 Å². The summed E-state index contributed by atoms with van der Waals surface area (Å²) >= 11 is 5.90. The smallest absolute Gasteiger partial charge is 0.265 e. The maximum atomic E-state index is 15.2. The standard InChI is InChI=1S/C29H20ClF2N5O6/c1-42-22-10-20-15(26(34-12-33-20)35-14-2-3-18(31)17(30)8-14)9-23(22)43-11-13-6-16-25(19(32)7-13)29(41)37(28(16)40)21-4-5-24(38)36-27(21)39/h2-3,6-10,12,21H,4-5,11H2,1H3,(H,33,34,35)(H,36,38,39). The number of amides is 4. The number of nitrogens with zero attached hydrogens (tertiary/aromatic N) is 3. The summed E-state index contributed by atoms with van der Waals surface area (Å²) in [5.41, 5.74) is 0.542. The molecule has 2 N–H and O–H groups in total. The number of ether oxygens (including phenoxy) is 2. The Balaban J connectivity index is 1.27. The van der Waals surface area contributed by atoms with E-state index in [1.807, 2.05) is 0 Å². The highest BCUT2D eigenvalue weighted by atomic mass is 35.5. The van der Waals surface area contributed by atoms with E-state index in [2.05, 4.69) is 20.6 Å². The number of hydrogen-bond donors (Lipinski definition) is 2. The van der Waals surface area contributed by atoms with Crippen LogP contribution in [-0.4, -0.2) is 51.6 Å². The van der Waals surface area contributed by atoms with E-state index in [-0.39, 0.29) is 41.3 Å². The molecule has 4 amide bonds. The van der Waals surface area contributed by atoms with Crippen molar-refractivity contribution in [3.05, 3.63) is 82.1 Å². The van der Waals surface area contributed by atoms with Crippen LogP contribution in [0.2, 0.25) is 5.02 Å². The average Bonchev–Trinajstić information content (AvgIpc) is 3.23. The first kappa shape index (κ1) is 28.0. The van der Waals surface area contributed by atoms with Gasteiger partial charge in [0.2, 0.25) is 11.8 Å². The number of piperidine rings is 1. The molecule has 2 aliphatic rings. The molecule has 0 spiro atoms. The quantitative estimate of drug-likeness (QED) is 0.294. The van der Waals surface area contributed by atoms with Crippen LogP contribution in [0.4, 0.5) is 20.3 Å². The highest BCUT2D eigenvalue weighted by molar-refractivity contribution is 6.31. The summed E-state index contributed by atoms with van der Waals surface area (Å²) in [6, 6.07) is 8.49. The lowest BCUT2D eigenvalue weighted by Gasteiger charge is -2.27. The maximum Gasteiger partial charge on any atom is 0.265 e. The number of carbonyl (C=O) groups is 4. The second kappa shape index (κ2) is 10.9. The summed E-state index contributed by atoms with van der Waals surface area (Å²) in [5.74, 6) is -3.71. The third-order valence-corrected chi connectivity index (χ3v) is 7.34. The van der Waals surface area contributed by atoms with Crippen molar-refractivity contribution >= 4 is 57.6 Å². The fourth-order valence-electron chi connectivity index (χ4n) is 4.99. The van der Waals surface area contributed by atoms with Gasteiger partial charge in [0.1, 0.15) is 36.4 Å². The number of halogens is 3. The molecule has 6 rings (SSSR count). The van der Waals surface area contributed by atoms with Crippen LogP contribution in [0, 0.1) is 11.6 Å². The summed E-state index contributed by atoms with van der Waals surface area (Å²) in [5, 5.41) is 5.61. The van der Waals surface area contributed by atoms with E-state index in [1.54, 1.807) is 12.1 Å². The fraction of sp³-hybridized carbons (Fsp3) is 0.172. The van der Waals surface area contributed by atoms with Gasteiger partial charge in [0.05, 0.1) is 28.8 Å². The van der Waals surface area contributed by atoms with Crippen LogP contribution < -0.4 is 20.1 Å². The zero-order valence-electron chi connectivity index (χ0n) is 22.2. The minimum absolute atomic E-state index is 0.0513. The molecule has 43 heavy (non-hydrogen) atoms. The molecule has 14 heteroatoms. The lowest BCUT2D eigenvalue weighted by Crippen LogP contribution is -2.54. The summed E-state index contributed by atoms with van der Waals surface area (Å²) in [4.78, 5) is 59.2. The van der Waals surface area contributed by atoms with Crippen molar-refractivity contribution in [1.82, 2.24) is 20.2 Å². The first-order chi connectivity index (χ1) is 20.6. The van der Waals surface area contributed by atoms with E-state index < -0.39 is 46.9 Å². The average molecular weight is 608 g/mol. The molecule has 0 aliphatic carbocycles. The number of rotatable bonds is 7. The molecule has 11 nitrogen and oxygen atoms in total. The van der Waals surface area contributed by atoms with Gasteiger partial charge < -0.3 is 14.8 Å². The number of aromatic nitrogens is 2. The lowest BCUT2D eigenvalue weighted by atomic mass is 10.0. The molecule has 3 heterocycles. The highest BCUT2D eigenvalue weighted by Gasteiger charge is 2.46. The van der Waals surface area contributed by atoms with Crippen LogP contribution in [-0.2, 0) is 16.2 Å². The summed E-state index contributed by atoms with van der Waals surface area (Å²) in [6.07, 6.45) is 1.22. The molecule has 1 saturated heterocycles. The van der Waals surface area contributed by atoms with Crippen molar-refractivity contribution in [3.8, 4) is 11.5 Å². The van der Waals surface area contributed by atoms with Crippen molar-refractivity contribution in [2.24, 2.45) is 0 Å². The van der Waals surface area contributed by atoms with E-state index in [1.165, 1.54) is 37.7 Å². The molecule has 1 fully saturated rings. The van der Waals surface area contributed by atoms with Gasteiger partial charge in [-0.3, -0.25) is 29.4 Å². The van der Waals surface area contributed by atoms with Gasteiger partial charge in [-0.25, -0.2) is 18.7 Å². The predicted octanol–water partition coefficient (Wildman–Crippen LogP) is 4.29. The number of anilines is 2. The molecular weight excluding hydrogens is 588 g/mol. The van der Waals surface area contributed by atoms with Crippen LogP contribution in [0.25, 0.3) is 10.9 Å². The number of nitrogens with one attached hydrogen (secondary N) is 2. The summed E-state index contributed by atoms with van der Waals surface area (Å²) in [6.45, 7) is -0.226.